The molecule has 1 heterocycles. The number of nitrogens with one attached hydrogen (secondary N) is 1. The van der Waals surface area contributed by atoms with Crippen molar-refractivity contribution in [2.24, 2.45) is 0 Å². The van der Waals surface area contributed by atoms with Gasteiger partial charge in [0.2, 0.25) is 5.89 Å². The lowest BCUT2D eigenvalue weighted by atomic mass is 10.1. The fourth-order valence-corrected chi connectivity index (χ4v) is 0.699. The number of aromatic nitrogens is 2. The number of rotatable bonds is 2. The van der Waals surface area contributed by atoms with E-state index in [4.69, 9.17) is 21.4 Å². The summed E-state index contributed by atoms with van der Waals surface area (Å²) in [6.07, 6.45) is 0. The van der Waals surface area contributed by atoms with E-state index >= 15 is 0 Å². The van der Waals surface area contributed by atoms with E-state index in [1.807, 2.05) is 13.8 Å². The van der Waals surface area contributed by atoms with E-state index in [0.717, 1.165) is 0 Å². The molecule has 0 saturated carbocycles. The molecular formula is C6H10N2O2S. The second kappa shape index (κ2) is 2.75. The summed E-state index contributed by atoms with van der Waals surface area (Å²) >= 11 is 4.71. The molecule has 0 aliphatic carbocycles. The highest BCUT2D eigenvalue weighted by atomic mass is 32.1. The Kier molecular flexibility index (Phi) is 2.10. The van der Waals surface area contributed by atoms with Crippen LogP contribution in [-0.2, 0) is 10.3 Å². The van der Waals surface area contributed by atoms with E-state index in [1.54, 1.807) is 7.11 Å². The van der Waals surface area contributed by atoms with Crippen molar-refractivity contribution in [2.45, 2.75) is 19.4 Å². The quantitative estimate of drug-likeness (QED) is 0.692. The van der Waals surface area contributed by atoms with Gasteiger partial charge in [0.15, 0.2) is 0 Å². The van der Waals surface area contributed by atoms with E-state index in [0.29, 0.717) is 5.89 Å². The highest BCUT2D eigenvalue weighted by Gasteiger charge is 2.25. The van der Waals surface area contributed by atoms with Crippen LogP contribution >= 0.6 is 12.2 Å². The topological polar surface area (TPSA) is 51.0 Å². The zero-order valence-electron chi connectivity index (χ0n) is 6.67. The molecule has 4 nitrogen and oxygen atoms in total. The molecule has 62 valence electrons. The third kappa shape index (κ3) is 1.66. The molecular weight excluding hydrogens is 164 g/mol. The summed E-state index contributed by atoms with van der Waals surface area (Å²) in [5.41, 5.74) is -0.520. The van der Waals surface area contributed by atoms with Crippen molar-refractivity contribution in [3.63, 3.8) is 0 Å². The molecule has 0 aromatic carbocycles. The molecule has 0 unspecified atom stereocenters. The predicted octanol–water partition coefficient (Wildman–Crippen LogP) is 1.61. The number of aromatic amines is 1. The molecule has 0 radical (unpaired) electrons. The van der Waals surface area contributed by atoms with E-state index in [1.165, 1.54) is 0 Å². The second-order valence-corrected chi connectivity index (χ2v) is 3.00. The first-order chi connectivity index (χ1) is 5.06. The number of ether oxygens (including phenoxy) is 1. The third-order valence-corrected chi connectivity index (χ3v) is 1.64. The normalized spacial score (nSPS) is 11.9. The first-order valence-corrected chi connectivity index (χ1v) is 3.58. The average Bonchev–Trinajstić information content (AvgIpc) is 2.36. The standard InChI is InChI=1S/C6H10N2O2S/c1-6(2,9-3)4-7-8-5(11)10-4/h1-3H3,(H,8,11). The Morgan fingerprint density at radius 2 is 2.27 bits per heavy atom. The lowest BCUT2D eigenvalue weighted by Gasteiger charge is -2.16. The van der Waals surface area contributed by atoms with Crippen LogP contribution in [0.3, 0.4) is 0 Å². The summed E-state index contributed by atoms with van der Waals surface area (Å²) in [6, 6.07) is 0. The van der Waals surface area contributed by atoms with Crippen LogP contribution in [0, 0.1) is 4.84 Å². The van der Waals surface area contributed by atoms with Gasteiger partial charge in [0.25, 0.3) is 4.84 Å². The molecule has 1 aromatic heterocycles. The lowest BCUT2D eigenvalue weighted by Crippen LogP contribution is -2.19. The first kappa shape index (κ1) is 8.42. The Morgan fingerprint density at radius 3 is 2.64 bits per heavy atom. The minimum Gasteiger partial charge on any atom is -0.411 e. The van der Waals surface area contributed by atoms with Crippen molar-refractivity contribution in [1.29, 1.82) is 0 Å². The second-order valence-electron chi connectivity index (χ2n) is 2.63. The van der Waals surface area contributed by atoms with Gasteiger partial charge >= 0.3 is 0 Å². The first-order valence-electron chi connectivity index (χ1n) is 3.17. The highest BCUT2D eigenvalue weighted by Crippen LogP contribution is 2.20. The van der Waals surface area contributed by atoms with Gasteiger partial charge in [0, 0.05) is 7.11 Å². The molecule has 0 saturated heterocycles. The summed E-state index contributed by atoms with van der Waals surface area (Å²) in [5, 5.41) is 6.36. The van der Waals surface area contributed by atoms with E-state index in [9.17, 15) is 0 Å². The molecule has 1 aromatic rings. The molecule has 0 bridgehead atoms. The largest absolute Gasteiger partial charge is 0.411 e. The van der Waals surface area contributed by atoms with Crippen LogP contribution in [0.1, 0.15) is 19.7 Å². The maximum atomic E-state index is 5.11. The Morgan fingerprint density at radius 1 is 1.64 bits per heavy atom. The molecule has 0 amide bonds. The lowest BCUT2D eigenvalue weighted by molar-refractivity contribution is -0.00414. The minimum absolute atomic E-state index is 0.269. The highest BCUT2D eigenvalue weighted by molar-refractivity contribution is 7.71. The fourth-order valence-electron chi connectivity index (χ4n) is 0.575. The summed E-state index contributed by atoms with van der Waals surface area (Å²) in [6.45, 7) is 3.70. The number of hydrogen-bond donors (Lipinski definition) is 1. The minimum atomic E-state index is -0.520. The van der Waals surface area contributed by atoms with Crippen molar-refractivity contribution in [2.75, 3.05) is 7.11 Å². The van der Waals surface area contributed by atoms with Crippen LogP contribution in [0.15, 0.2) is 4.42 Å². The van der Waals surface area contributed by atoms with Gasteiger partial charge in [-0.2, -0.15) is 0 Å². The zero-order valence-corrected chi connectivity index (χ0v) is 7.49. The molecule has 5 heteroatoms. The molecule has 11 heavy (non-hydrogen) atoms. The van der Waals surface area contributed by atoms with Gasteiger partial charge in [-0.05, 0) is 26.1 Å². The summed E-state index contributed by atoms with van der Waals surface area (Å²) < 4.78 is 10.2. The SMILES string of the molecule is COC(C)(C)c1n[nH]c(=S)o1. The fraction of sp³-hybridized carbons (Fsp3) is 0.667. The molecule has 0 spiro atoms. The van der Waals surface area contributed by atoms with E-state index in [2.05, 4.69) is 10.2 Å². The van der Waals surface area contributed by atoms with Crippen LogP contribution in [0.4, 0.5) is 0 Å². The Bertz CT molecular complexity index is 289. The van der Waals surface area contributed by atoms with E-state index < -0.39 is 5.60 Å². The van der Waals surface area contributed by atoms with Gasteiger partial charge < -0.3 is 9.15 Å². The summed E-state index contributed by atoms with van der Waals surface area (Å²) in [5.74, 6) is 0.463. The Labute approximate surface area is 69.6 Å². The van der Waals surface area contributed by atoms with E-state index in [-0.39, 0.29) is 4.84 Å². The van der Waals surface area contributed by atoms with Crippen LogP contribution in [-0.4, -0.2) is 17.3 Å². The van der Waals surface area contributed by atoms with Gasteiger partial charge in [-0.15, -0.1) is 5.10 Å². The van der Waals surface area contributed by atoms with Gasteiger partial charge in [0.05, 0.1) is 0 Å². The molecule has 0 aliphatic heterocycles. The van der Waals surface area contributed by atoms with Gasteiger partial charge in [-0.1, -0.05) is 0 Å². The summed E-state index contributed by atoms with van der Waals surface area (Å²) in [4.78, 5) is 0.269. The Hall–Kier alpha value is -0.680. The van der Waals surface area contributed by atoms with Crippen LogP contribution in [0.25, 0.3) is 0 Å². The van der Waals surface area contributed by atoms with Crippen LogP contribution < -0.4 is 0 Å². The van der Waals surface area contributed by atoms with Gasteiger partial charge in [-0.3, -0.25) is 0 Å². The number of H-pyrrole nitrogens is 1. The van der Waals surface area contributed by atoms with Crippen molar-refractivity contribution in [3.8, 4) is 0 Å². The Balaban J connectivity index is 3.01. The molecule has 0 fully saturated rings. The zero-order chi connectivity index (χ0) is 8.48. The summed E-state index contributed by atoms with van der Waals surface area (Å²) in [7, 11) is 1.59. The van der Waals surface area contributed by atoms with Crippen molar-refractivity contribution < 1.29 is 9.15 Å². The van der Waals surface area contributed by atoms with Gasteiger partial charge in [0.1, 0.15) is 5.60 Å². The molecule has 0 atom stereocenters. The number of nitrogens with zero attached hydrogens (tertiary/aromatic N) is 1. The average molecular weight is 174 g/mol. The number of hydrogen-bond acceptors (Lipinski definition) is 4. The van der Waals surface area contributed by atoms with Crippen molar-refractivity contribution >= 4 is 12.2 Å². The smallest absolute Gasteiger partial charge is 0.284 e. The molecule has 1 rings (SSSR count). The van der Waals surface area contributed by atoms with Crippen LogP contribution in [0.5, 0.6) is 0 Å². The van der Waals surface area contributed by atoms with Crippen molar-refractivity contribution in [3.05, 3.63) is 10.7 Å². The maximum absolute atomic E-state index is 5.11. The van der Waals surface area contributed by atoms with Crippen molar-refractivity contribution in [1.82, 2.24) is 10.2 Å². The molecule has 1 N–H and O–H groups in total. The van der Waals surface area contributed by atoms with Crippen LogP contribution in [0.2, 0.25) is 0 Å². The maximum Gasteiger partial charge on any atom is 0.284 e. The monoisotopic (exact) mass is 174 g/mol. The third-order valence-electron chi connectivity index (χ3n) is 1.46. The predicted molar refractivity (Wildman–Crippen MR) is 41.7 cm³/mol. The van der Waals surface area contributed by atoms with Gasteiger partial charge in [-0.25, -0.2) is 5.10 Å². The number of methoxy groups -OCH3 is 1. The molecule has 0 aliphatic rings.